The minimum atomic E-state index is -0.697. The largest absolute Gasteiger partial charge is 0.496 e. The molecule has 2 rings (SSSR count). The van der Waals surface area contributed by atoms with E-state index in [0.29, 0.717) is 11.5 Å². The van der Waals surface area contributed by atoms with E-state index in [9.17, 15) is 9.59 Å². The van der Waals surface area contributed by atoms with Crippen molar-refractivity contribution in [1.29, 1.82) is 0 Å². The van der Waals surface area contributed by atoms with E-state index in [-0.39, 0.29) is 17.4 Å². The predicted octanol–water partition coefficient (Wildman–Crippen LogP) is 3.36. The number of ether oxygens (including phenoxy) is 4. The lowest BCUT2D eigenvalue weighted by molar-refractivity contribution is -0.124. The van der Waals surface area contributed by atoms with Gasteiger partial charge in [-0.1, -0.05) is 18.2 Å². The molecule has 0 aliphatic heterocycles. The van der Waals surface area contributed by atoms with Crippen molar-refractivity contribution in [3.63, 3.8) is 0 Å². The van der Waals surface area contributed by atoms with Gasteiger partial charge in [0.25, 0.3) is 5.91 Å². The first-order valence-electron chi connectivity index (χ1n) is 9.14. The highest BCUT2D eigenvalue weighted by atomic mass is 16.5. The maximum atomic E-state index is 12.5. The fourth-order valence-electron chi connectivity index (χ4n) is 2.80. The molecule has 2 aromatic carbocycles. The summed E-state index contributed by atoms with van der Waals surface area (Å²) in [7, 11) is 4.37. The predicted molar refractivity (Wildman–Crippen MR) is 109 cm³/mol. The zero-order chi connectivity index (χ0) is 21.6. The molecule has 1 amide bonds. The molecule has 0 aliphatic rings. The van der Waals surface area contributed by atoms with Crippen LogP contribution in [0.15, 0.2) is 30.3 Å². The highest BCUT2D eigenvalue weighted by Gasteiger charge is 2.20. The summed E-state index contributed by atoms with van der Waals surface area (Å²) in [5.74, 6) is -0.0641. The number of amides is 1. The number of aryl methyl sites for hydroxylation is 2. The van der Waals surface area contributed by atoms with Crippen molar-refractivity contribution < 1.29 is 28.5 Å². The Bertz CT molecular complexity index is 893. The van der Waals surface area contributed by atoms with E-state index < -0.39 is 18.5 Å². The molecule has 0 fully saturated rings. The summed E-state index contributed by atoms with van der Waals surface area (Å²) in [5.41, 5.74) is 3.45. The highest BCUT2D eigenvalue weighted by molar-refractivity contribution is 5.95. The van der Waals surface area contributed by atoms with Crippen LogP contribution in [-0.4, -0.2) is 39.8 Å². The summed E-state index contributed by atoms with van der Waals surface area (Å²) in [6.07, 6.45) is 0. The Morgan fingerprint density at radius 2 is 1.52 bits per heavy atom. The zero-order valence-electron chi connectivity index (χ0n) is 17.6. The van der Waals surface area contributed by atoms with Gasteiger partial charge in [0, 0.05) is 12.1 Å². The molecule has 7 heteroatoms. The molecule has 0 unspecified atom stereocenters. The minimum absolute atomic E-state index is 0.139. The summed E-state index contributed by atoms with van der Waals surface area (Å²) in [6, 6.07) is 8.77. The quantitative estimate of drug-likeness (QED) is 0.683. The molecule has 0 saturated heterocycles. The van der Waals surface area contributed by atoms with Crippen LogP contribution in [0.3, 0.4) is 0 Å². The van der Waals surface area contributed by atoms with Gasteiger partial charge >= 0.3 is 5.97 Å². The standard InChI is InChI=1S/C22H27NO6/c1-13-7-8-16(9-14(13)2)15(3)23-21(24)12-29-22(25)17-10-19(27-5)20(28-6)11-18(17)26-4/h7-11,15H,12H2,1-6H3,(H,23,24)/t15-/m0/s1. The van der Waals surface area contributed by atoms with Crippen molar-refractivity contribution in [3.8, 4) is 17.2 Å². The third-order valence-electron chi connectivity index (χ3n) is 4.67. The first kappa shape index (κ1) is 22.1. The molecular weight excluding hydrogens is 374 g/mol. The lowest BCUT2D eigenvalue weighted by Crippen LogP contribution is -2.31. The fourth-order valence-corrected chi connectivity index (χ4v) is 2.80. The molecular formula is C22H27NO6. The summed E-state index contributed by atoms with van der Waals surface area (Å²) in [5, 5.41) is 2.83. The van der Waals surface area contributed by atoms with Crippen LogP contribution in [0.4, 0.5) is 0 Å². The SMILES string of the molecule is COc1cc(OC)c(C(=O)OCC(=O)N[C@@H](C)c2ccc(C)c(C)c2)cc1OC. The summed E-state index contributed by atoms with van der Waals surface area (Å²) < 4.78 is 20.8. The lowest BCUT2D eigenvalue weighted by Gasteiger charge is -2.16. The van der Waals surface area contributed by atoms with E-state index in [4.69, 9.17) is 18.9 Å². The molecule has 0 aromatic heterocycles. The van der Waals surface area contributed by atoms with Gasteiger partial charge in [0.2, 0.25) is 0 Å². The smallest absolute Gasteiger partial charge is 0.342 e. The Morgan fingerprint density at radius 3 is 2.10 bits per heavy atom. The van der Waals surface area contributed by atoms with Crippen LogP contribution >= 0.6 is 0 Å². The van der Waals surface area contributed by atoms with Crippen molar-refractivity contribution >= 4 is 11.9 Å². The van der Waals surface area contributed by atoms with Crippen molar-refractivity contribution in [2.24, 2.45) is 0 Å². The minimum Gasteiger partial charge on any atom is -0.496 e. The Balaban J connectivity index is 2.02. The van der Waals surface area contributed by atoms with Crippen LogP contribution in [0.2, 0.25) is 0 Å². The molecule has 1 atom stereocenters. The topological polar surface area (TPSA) is 83.1 Å². The lowest BCUT2D eigenvalue weighted by atomic mass is 10.0. The Labute approximate surface area is 170 Å². The van der Waals surface area contributed by atoms with Crippen LogP contribution in [0.1, 0.15) is 40.0 Å². The molecule has 0 aliphatic carbocycles. The van der Waals surface area contributed by atoms with Gasteiger partial charge in [-0.15, -0.1) is 0 Å². The first-order valence-corrected chi connectivity index (χ1v) is 9.14. The number of carbonyl (C=O) groups excluding carboxylic acids is 2. The Morgan fingerprint density at radius 1 is 0.897 bits per heavy atom. The van der Waals surface area contributed by atoms with Crippen LogP contribution in [0.5, 0.6) is 17.2 Å². The number of esters is 1. The molecule has 1 N–H and O–H groups in total. The second kappa shape index (κ2) is 9.82. The van der Waals surface area contributed by atoms with Crippen LogP contribution in [0, 0.1) is 13.8 Å². The maximum absolute atomic E-state index is 12.5. The van der Waals surface area contributed by atoms with E-state index in [0.717, 1.165) is 11.1 Å². The van der Waals surface area contributed by atoms with Crippen LogP contribution < -0.4 is 19.5 Å². The van der Waals surface area contributed by atoms with E-state index in [1.54, 1.807) is 0 Å². The van der Waals surface area contributed by atoms with Gasteiger partial charge in [-0.2, -0.15) is 0 Å². The van der Waals surface area contributed by atoms with Gasteiger partial charge in [0.15, 0.2) is 18.1 Å². The zero-order valence-corrected chi connectivity index (χ0v) is 17.6. The molecule has 0 radical (unpaired) electrons. The monoisotopic (exact) mass is 401 g/mol. The summed E-state index contributed by atoms with van der Waals surface area (Å²) in [6.45, 7) is 5.52. The van der Waals surface area contributed by atoms with Crippen LogP contribution in [0.25, 0.3) is 0 Å². The van der Waals surface area contributed by atoms with Gasteiger partial charge in [0.1, 0.15) is 11.3 Å². The number of benzene rings is 2. The maximum Gasteiger partial charge on any atom is 0.342 e. The van der Waals surface area contributed by atoms with Crippen molar-refractivity contribution in [1.82, 2.24) is 5.32 Å². The molecule has 0 heterocycles. The first-order chi connectivity index (χ1) is 13.8. The number of rotatable bonds is 8. The van der Waals surface area contributed by atoms with E-state index in [1.165, 1.54) is 39.0 Å². The van der Waals surface area contributed by atoms with E-state index in [2.05, 4.69) is 5.32 Å². The number of hydrogen-bond donors (Lipinski definition) is 1. The van der Waals surface area contributed by atoms with Crippen LogP contribution in [-0.2, 0) is 9.53 Å². The molecule has 0 bridgehead atoms. The van der Waals surface area contributed by atoms with Crippen molar-refractivity contribution in [2.45, 2.75) is 26.8 Å². The van der Waals surface area contributed by atoms with E-state index >= 15 is 0 Å². The molecule has 29 heavy (non-hydrogen) atoms. The van der Waals surface area contributed by atoms with Gasteiger partial charge < -0.3 is 24.3 Å². The number of carbonyl (C=O) groups is 2. The van der Waals surface area contributed by atoms with E-state index in [1.807, 2.05) is 39.0 Å². The average Bonchev–Trinajstić information content (AvgIpc) is 2.72. The Kier molecular flexibility index (Phi) is 7.47. The molecule has 0 saturated carbocycles. The molecule has 0 spiro atoms. The van der Waals surface area contributed by atoms with Gasteiger partial charge in [-0.05, 0) is 37.5 Å². The summed E-state index contributed by atoms with van der Waals surface area (Å²) >= 11 is 0. The van der Waals surface area contributed by atoms with Crippen molar-refractivity contribution in [2.75, 3.05) is 27.9 Å². The van der Waals surface area contributed by atoms with Gasteiger partial charge in [-0.3, -0.25) is 4.79 Å². The molecule has 2 aromatic rings. The number of hydrogen-bond acceptors (Lipinski definition) is 6. The normalized spacial score (nSPS) is 11.4. The second-order valence-electron chi connectivity index (χ2n) is 6.62. The summed E-state index contributed by atoms with van der Waals surface area (Å²) in [4.78, 5) is 24.7. The second-order valence-corrected chi connectivity index (χ2v) is 6.62. The number of nitrogens with one attached hydrogen (secondary N) is 1. The highest BCUT2D eigenvalue weighted by Crippen LogP contribution is 2.34. The fraction of sp³-hybridized carbons (Fsp3) is 0.364. The van der Waals surface area contributed by atoms with Crippen molar-refractivity contribution in [3.05, 3.63) is 52.6 Å². The average molecular weight is 401 g/mol. The number of methoxy groups -OCH3 is 3. The third-order valence-corrected chi connectivity index (χ3v) is 4.67. The molecule has 156 valence electrons. The van der Waals surface area contributed by atoms with Gasteiger partial charge in [0.05, 0.1) is 27.4 Å². The van der Waals surface area contributed by atoms with Gasteiger partial charge in [-0.25, -0.2) is 4.79 Å². The third kappa shape index (κ3) is 5.40. The Hall–Kier alpha value is -3.22. The molecule has 7 nitrogen and oxygen atoms in total.